The molecule has 0 radical (unpaired) electrons. The average Bonchev–Trinajstić information content (AvgIpc) is 2.83. The zero-order valence-electron chi connectivity index (χ0n) is 10.7. The van der Waals surface area contributed by atoms with Crippen molar-refractivity contribution >= 4 is 7.85 Å². The Morgan fingerprint density at radius 2 is 1.56 bits per heavy atom. The second kappa shape index (κ2) is 7.75. The van der Waals surface area contributed by atoms with E-state index in [1.807, 2.05) is 0 Å². The van der Waals surface area contributed by atoms with Gasteiger partial charge >= 0.3 is 0 Å². The topological polar surface area (TPSA) is 71.4 Å². The molecule has 98 valence electrons. The molecule has 0 amide bonds. The maximum Gasteiger partial charge on any atom is 0.0922 e. The first-order valence-corrected chi connectivity index (χ1v) is 6.02. The predicted octanol–water partition coefficient (Wildman–Crippen LogP) is 1.11. The number of rotatable bonds is 3. The maximum absolute atomic E-state index is 8.15. The van der Waals surface area contributed by atoms with Crippen LogP contribution in [0.15, 0.2) is 0 Å². The van der Waals surface area contributed by atoms with Crippen LogP contribution in [0, 0.1) is 34.0 Å². The Morgan fingerprint density at radius 1 is 1.11 bits per heavy atom. The molecule has 0 aromatic heterocycles. The molecule has 5 heteroatoms. The lowest BCUT2D eigenvalue weighted by molar-refractivity contribution is -0.897. The molecular formula is C13H23BN4. The third-order valence-corrected chi connectivity index (χ3v) is 3.03. The van der Waals surface area contributed by atoms with Crippen molar-refractivity contribution in [1.82, 2.24) is 0 Å². The number of nitrogens with zero attached hydrogens (tertiary/aromatic N) is 4. The fourth-order valence-corrected chi connectivity index (χ4v) is 1.94. The molecule has 0 bridgehead atoms. The molecule has 1 rings (SSSR count). The standard InChI is InChI=1S/C9H20N.C4H3BN3/c1-3-4-7-10(2)8-5-6-9-10;5-4(1-6,2-7)3-8/h3-9H2,1-2H3;5H3/q+1;-1. The quantitative estimate of drug-likeness (QED) is 0.553. The fourth-order valence-electron chi connectivity index (χ4n) is 1.94. The Kier molecular flexibility index (Phi) is 7.10. The van der Waals surface area contributed by atoms with E-state index in [0.717, 1.165) is 0 Å². The van der Waals surface area contributed by atoms with Crippen molar-refractivity contribution in [3.8, 4) is 18.2 Å². The van der Waals surface area contributed by atoms with Crippen molar-refractivity contribution in [1.29, 1.82) is 15.8 Å². The summed E-state index contributed by atoms with van der Waals surface area (Å²) in [5.41, 5.74) is 0. The highest BCUT2D eigenvalue weighted by molar-refractivity contribution is 6.21. The molecule has 0 spiro atoms. The molecule has 1 fully saturated rings. The summed E-state index contributed by atoms with van der Waals surface area (Å²) in [5, 5.41) is 23.3. The highest BCUT2D eigenvalue weighted by Crippen LogP contribution is 2.16. The minimum atomic E-state index is -1.21. The van der Waals surface area contributed by atoms with E-state index in [9.17, 15) is 0 Å². The summed E-state index contributed by atoms with van der Waals surface area (Å²) in [4.78, 5) is 0. The van der Waals surface area contributed by atoms with Gasteiger partial charge in [0.25, 0.3) is 0 Å². The van der Waals surface area contributed by atoms with Crippen LogP contribution in [0.1, 0.15) is 32.6 Å². The molecule has 4 nitrogen and oxygen atoms in total. The lowest BCUT2D eigenvalue weighted by Gasteiger charge is -2.28. The largest absolute Gasteiger partial charge is 0.326 e. The minimum Gasteiger partial charge on any atom is -0.326 e. The number of hydrogen-bond donors (Lipinski definition) is 0. The Labute approximate surface area is 111 Å². The summed E-state index contributed by atoms with van der Waals surface area (Å²) in [5.74, 6) is 0. The highest BCUT2D eigenvalue weighted by Gasteiger charge is 2.25. The van der Waals surface area contributed by atoms with E-state index in [-0.39, 0.29) is 0 Å². The molecule has 0 N–H and O–H groups in total. The number of quaternary nitrogens is 1. The second-order valence-corrected chi connectivity index (χ2v) is 4.56. The third-order valence-electron chi connectivity index (χ3n) is 3.03. The van der Waals surface area contributed by atoms with Gasteiger partial charge in [-0.05, 0) is 6.42 Å². The van der Waals surface area contributed by atoms with Crippen molar-refractivity contribution in [3.63, 3.8) is 0 Å². The summed E-state index contributed by atoms with van der Waals surface area (Å²) >= 11 is 0. The van der Waals surface area contributed by atoms with Crippen LogP contribution in [0.4, 0.5) is 0 Å². The minimum absolute atomic E-state index is 0.500. The number of nitriles is 3. The molecule has 18 heavy (non-hydrogen) atoms. The average molecular weight is 246 g/mol. The number of unbranched alkanes of at least 4 members (excludes halogenated alkanes) is 1. The van der Waals surface area contributed by atoms with E-state index in [4.69, 9.17) is 15.8 Å². The van der Waals surface area contributed by atoms with Crippen molar-refractivity contribution in [2.24, 2.45) is 0 Å². The van der Waals surface area contributed by atoms with Crippen molar-refractivity contribution < 1.29 is 4.48 Å². The molecular weight excluding hydrogens is 223 g/mol. The van der Waals surface area contributed by atoms with Crippen LogP contribution in [0.2, 0.25) is 5.31 Å². The van der Waals surface area contributed by atoms with Crippen LogP contribution in [0.25, 0.3) is 0 Å². The van der Waals surface area contributed by atoms with Gasteiger partial charge in [0.05, 0.1) is 50.2 Å². The van der Waals surface area contributed by atoms with Crippen LogP contribution in [-0.4, -0.2) is 39.0 Å². The van der Waals surface area contributed by atoms with Gasteiger partial charge in [0.1, 0.15) is 0 Å². The van der Waals surface area contributed by atoms with Gasteiger partial charge in [-0.1, -0.05) is 13.3 Å². The zero-order chi connectivity index (χ0) is 14.1. The highest BCUT2D eigenvalue weighted by atomic mass is 15.3. The van der Waals surface area contributed by atoms with Gasteiger partial charge in [0.15, 0.2) is 0 Å². The molecule has 0 aromatic rings. The van der Waals surface area contributed by atoms with Crippen molar-refractivity contribution in [2.75, 3.05) is 26.7 Å². The molecule has 0 saturated carbocycles. The molecule has 1 aliphatic rings. The monoisotopic (exact) mass is 246 g/mol. The van der Waals surface area contributed by atoms with Crippen molar-refractivity contribution in [3.05, 3.63) is 0 Å². The normalized spacial score (nSPS) is 16.7. The van der Waals surface area contributed by atoms with Gasteiger partial charge in [-0.3, -0.25) is 0 Å². The summed E-state index contributed by atoms with van der Waals surface area (Å²) in [6.07, 6.45) is 5.69. The molecule has 1 aliphatic heterocycles. The maximum atomic E-state index is 8.15. The summed E-state index contributed by atoms with van der Waals surface area (Å²) in [6, 6.07) is 5.00. The van der Waals surface area contributed by atoms with Gasteiger partial charge in [-0.15, -0.1) is 0 Å². The Balaban J connectivity index is 0.000000331. The Hall–Kier alpha value is -1.51. The van der Waals surface area contributed by atoms with E-state index >= 15 is 0 Å². The lowest BCUT2D eigenvalue weighted by atomic mass is 9.73. The van der Waals surface area contributed by atoms with Gasteiger partial charge in [0, 0.05) is 20.7 Å². The first-order chi connectivity index (χ1) is 8.45. The third kappa shape index (κ3) is 5.71. The van der Waals surface area contributed by atoms with Crippen LogP contribution in [0.5, 0.6) is 0 Å². The second-order valence-electron chi connectivity index (χ2n) is 4.56. The van der Waals surface area contributed by atoms with Gasteiger partial charge in [-0.25, -0.2) is 0 Å². The van der Waals surface area contributed by atoms with Crippen LogP contribution < -0.4 is 0 Å². The molecule has 0 aliphatic carbocycles. The van der Waals surface area contributed by atoms with E-state index < -0.39 is 13.2 Å². The van der Waals surface area contributed by atoms with E-state index in [0.29, 0.717) is 0 Å². The zero-order valence-corrected chi connectivity index (χ0v) is 10.7. The first kappa shape index (κ1) is 16.5. The summed E-state index contributed by atoms with van der Waals surface area (Å²) < 4.78 is 1.36. The fraction of sp³-hybridized carbons (Fsp3) is 0.769. The Bertz CT molecular complexity index is 330. The van der Waals surface area contributed by atoms with E-state index in [2.05, 4.69) is 14.0 Å². The summed E-state index contributed by atoms with van der Waals surface area (Å²) in [6.45, 7) is 6.55. The molecule has 1 saturated heterocycles. The SMILES string of the molecule is CCCC[N+]1(C)CCCC1.[BH3-]C(C#N)(C#N)C#N. The van der Waals surface area contributed by atoms with E-state index in [1.54, 1.807) is 18.2 Å². The summed E-state index contributed by atoms with van der Waals surface area (Å²) in [7, 11) is 1.91. The molecule has 0 atom stereocenters. The number of likely N-dealkylation sites (tertiary alicyclic amines) is 1. The van der Waals surface area contributed by atoms with Gasteiger partial charge < -0.3 is 4.48 Å². The van der Waals surface area contributed by atoms with Crippen LogP contribution in [-0.2, 0) is 0 Å². The van der Waals surface area contributed by atoms with E-state index in [1.165, 1.54) is 49.8 Å². The first-order valence-electron chi connectivity index (χ1n) is 6.02. The van der Waals surface area contributed by atoms with Crippen LogP contribution in [0.3, 0.4) is 0 Å². The van der Waals surface area contributed by atoms with Crippen molar-refractivity contribution in [2.45, 2.75) is 37.9 Å². The van der Waals surface area contributed by atoms with Crippen LogP contribution >= 0.6 is 0 Å². The van der Waals surface area contributed by atoms with Gasteiger partial charge in [0.2, 0.25) is 0 Å². The predicted molar refractivity (Wildman–Crippen MR) is 74.4 cm³/mol. The number of hydrogen-bond acceptors (Lipinski definition) is 3. The lowest BCUT2D eigenvalue weighted by Crippen LogP contribution is -2.41. The Morgan fingerprint density at radius 3 is 1.83 bits per heavy atom. The van der Waals surface area contributed by atoms with Gasteiger partial charge in [-0.2, -0.15) is 15.8 Å². The molecule has 1 heterocycles. The molecule has 0 aromatic carbocycles. The molecule has 0 unspecified atom stereocenters. The smallest absolute Gasteiger partial charge is 0.0922 e.